The number of para-hydroxylation sites is 1. The summed E-state index contributed by atoms with van der Waals surface area (Å²) in [5.74, 6) is 0.871. The van der Waals surface area contributed by atoms with Gasteiger partial charge in [0.25, 0.3) is 5.91 Å². The number of hydrogen-bond acceptors (Lipinski definition) is 1. The molecule has 148 valence electrons. The smallest absolute Gasteiger partial charge is 0.270 e. The molecule has 4 aromatic rings. The number of fused-ring (bicyclic) bond motifs is 3. The fourth-order valence-corrected chi connectivity index (χ4v) is 4.40. The van der Waals surface area contributed by atoms with Crippen LogP contribution >= 0.6 is 0 Å². The van der Waals surface area contributed by atoms with Crippen molar-refractivity contribution < 1.29 is 4.79 Å². The van der Waals surface area contributed by atoms with Gasteiger partial charge in [0.05, 0.1) is 16.6 Å². The van der Waals surface area contributed by atoms with E-state index in [0.717, 1.165) is 23.7 Å². The van der Waals surface area contributed by atoms with E-state index >= 15 is 0 Å². The molecular weight excluding hydrogens is 358 g/mol. The largest absolute Gasteiger partial charge is 0.339 e. The highest BCUT2D eigenvalue weighted by atomic mass is 16.2. The highest BCUT2D eigenvalue weighted by Gasteiger charge is 2.27. The Kier molecular flexibility index (Phi) is 4.42. The standard InChI is InChI=1S/C25H27N3O/c1-3-27(16-18-9-5-4-6-10-18)25(29)23-15-22-24(26(23)2)20-11-7-8-12-21(20)28(22)17-19-13-14-19/h4-12,15,19H,3,13-14,16-17H2,1-2H3. The highest BCUT2D eigenvalue weighted by molar-refractivity contribution is 6.10. The molecule has 0 aliphatic heterocycles. The third-order valence-electron chi connectivity index (χ3n) is 6.20. The quantitative estimate of drug-likeness (QED) is 0.448. The van der Waals surface area contributed by atoms with E-state index in [9.17, 15) is 4.79 Å². The van der Waals surface area contributed by atoms with E-state index < -0.39 is 0 Å². The summed E-state index contributed by atoms with van der Waals surface area (Å²) in [5.41, 5.74) is 5.55. The van der Waals surface area contributed by atoms with Crippen molar-refractivity contribution in [1.82, 2.24) is 14.0 Å². The van der Waals surface area contributed by atoms with Crippen LogP contribution in [-0.4, -0.2) is 26.5 Å². The number of rotatable bonds is 6. The van der Waals surface area contributed by atoms with Gasteiger partial charge in [-0.3, -0.25) is 4.79 Å². The van der Waals surface area contributed by atoms with Crippen LogP contribution in [-0.2, 0) is 20.1 Å². The zero-order chi connectivity index (χ0) is 20.0. The third kappa shape index (κ3) is 3.13. The van der Waals surface area contributed by atoms with Crippen molar-refractivity contribution in [2.24, 2.45) is 13.0 Å². The van der Waals surface area contributed by atoms with E-state index in [1.807, 2.05) is 37.1 Å². The second-order valence-electron chi connectivity index (χ2n) is 8.20. The predicted molar refractivity (Wildman–Crippen MR) is 118 cm³/mol. The first kappa shape index (κ1) is 18.0. The predicted octanol–water partition coefficient (Wildman–Crippen LogP) is 5.21. The van der Waals surface area contributed by atoms with Gasteiger partial charge in [-0.05, 0) is 43.4 Å². The third-order valence-corrected chi connectivity index (χ3v) is 6.20. The van der Waals surface area contributed by atoms with Crippen LogP contribution in [0.5, 0.6) is 0 Å². The Balaban J connectivity index is 1.58. The maximum atomic E-state index is 13.4. The van der Waals surface area contributed by atoms with Crippen molar-refractivity contribution in [2.75, 3.05) is 6.54 Å². The Labute approximate surface area is 171 Å². The normalized spacial score (nSPS) is 14.0. The minimum atomic E-state index is 0.0945. The first-order valence-electron chi connectivity index (χ1n) is 10.6. The average Bonchev–Trinajstić information content (AvgIpc) is 3.44. The van der Waals surface area contributed by atoms with Gasteiger partial charge in [-0.15, -0.1) is 0 Å². The SMILES string of the molecule is CCN(Cc1ccccc1)C(=O)c1cc2c(c3ccccc3n2CC2CC2)n1C. The highest BCUT2D eigenvalue weighted by Crippen LogP contribution is 2.37. The summed E-state index contributed by atoms with van der Waals surface area (Å²) in [6.07, 6.45) is 2.63. The number of amides is 1. The fourth-order valence-electron chi connectivity index (χ4n) is 4.40. The van der Waals surface area contributed by atoms with Crippen molar-refractivity contribution in [3.8, 4) is 0 Å². The average molecular weight is 386 g/mol. The summed E-state index contributed by atoms with van der Waals surface area (Å²) in [6, 6.07) is 20.9. The van der Waals surface area contributed by atoms with Crippen molar-refractivity contribution in [3.63, 3.8) is 0 Å². The van der Waals surface area contributed by atoms with E-state index in [2.05, 4.69) is 51.6 Å². The molecule has 1 saturated carbocycles. The number of carbonyl (C=O) groups is 1. The van der Waals surface area contributed by atoms with Crippen molar-refractivity contribution >= 4 is 27.8 Å². The van der Waals surface area contributed by atoms with E-state index in [-0.39, 0.29) is 5.91 Å². The summed E-state index contributed by atoms with van der Waals surface area (Å²) < 4.78 is 4.52. The summed E-state index contributed by atoms with van der Waals surface area (Å²) in [4.78, 5) is 15.4. The van der Waals surface area contributed by atoms with Gasteiger partial charge in [-0.25, -0.2) is 0 Å². The molecular formula is C25H27N3O. The van der Waals surface area contributed by atoms with E-state index in [1.165, 1.54) is 34.8 Å². The Morgan fingerprint density at radius 1 is 1.03 bits per heavy atom. The van der Waals surface area contributed by atoms with Gasteiger partial charge < -0.3 is 14.0 Å². The first-order valence-corrected chi connectivity index (χ1v) is 10.6. The molecule has 4 heteroatoms. The summed E-state index contributed by atoms with van der Waals surface area (Å²) in [5, 5.41) is 1.23. The van der Waals surface area contributed by atoms with Crippen LogP contribution in [0.2, 0.25) is 0 Å². The second kappa shape index (κ2) is 7.11. The van der Waals surface area contributed by atoms with Crippen molar-refractivity contribution in [1.29, 1.82) is 0 Å². The molecule has 4 nitrogen and oxygen atoms in total. The van der Waals surface area contributed by atoms with Gasteiger partial charge in [0.15, 0.2) is 0 Å². The number of nitrogens with zero attached hydrogens (tertiary/aromatic N) is 3. The van der Waals surface area contributed by atoms with Gasteiger partial charge in [-0.2, -0.15) is 0 Å². The second-order valence-corrected chi connectivity index (χ2v) is 8.20. The number of aryl methyl sites for hydroxylation is 1. The molecule has 1 fully saturated rings. The molecule has 0 N–H and O–H groups in total. The van der Waals surface area contributed by atoms with Crippen molar-refractivity contribution in [2.45, 2.75) is 32.9 Å². The number of carbonyl (C=O) groups excluding carboxylic acids is 1. The minimum absolute atomic E-state index is 0.0945. The summed E-state index contributed by atoms with van der Waals surface area (Å²) in [7, 11) is 2.03. The molecule has 29 heavy (non-hydrogen) atoms. The molecule has 0 unspecified atom stereocenters. The van der Waals surface area contributed by atoms with Gasteiger partial charge in [0, 0.05) is 32.1 Å². The molecule has 0 spiro atoms. The monoisotopic (exact) mass is 385 g/mol. The van der Waals surface area contributed by atoms with Gasteiger partial charge >= 0.3 is 0 Å². The van der Waals surface area contributed by atoms with E-state index in [1.54, 1.807) is 0 Å². The van der Waals surface area contributed by atoms with Crippen LogP contribution in [0.1, 0.15) is 35.8 Å². The van der Waals surface area contributed by atoms with Crippen LogP contribution in [0.25, 0.3) is 21.9 Å². The van der Waals surface area contributed by atoms with Gasteiger partial charge in [0.2, 0.25) is 0 Å². The maximum Gasteiger partial charge on any atom is 0.270 e. The molecule has 0 radical (unpaired) electrons. The zero-order valence-electron chi connectivity index (χ0n) is 17.1. The number of benzene rings is 2. The molecule has 1 aliphatic carbocycles. The molecule has 2 aromatic heterocycles. The maximum absolute atomic E-state index is 13.4. The van der Waals surface area contributed by atoms with Crippen LogP contribution in [0, 0.1) is 5.92 Å². The Hall–Kier alpha value is -3.01. The summed E-state index contributed by atoms with van der Waals surface area (Å²) >= 11 is 0. The number of hydrogen-bond donors (Lipinski definition) is 0. The van der Waals surface area contributed by atoms with E-state index in [0.29, 0.717) is 13.1 Å². The lowest BCUT2D eigenvalue weighted by Crippen LogP contribution is -2.31. The van der Waals surface area contributed by atoms with Crippen LogP contribution in [0.4, 0.5) is 0 Å². The minimum Gasteiger partial charge on any atom is -0.339 e. The molecule has 0 bridgehead atoms. The molecule has 0 atom stereocenters. The summed E-state index contributed by atoms with van der Waals surface area (Å²) in [6.45, 7) is 4.41. The van der Waals surface area contributed by atoms with Crippen LogP contribution < -0.4 is 0 Å². The molecule has 5 rings (SSSR count). The molecule has 0 saturated heterocycles. The topological polar surface area (TPSA) is 30.2 Å². The zero-order valence-corrected chi connectivity index (χ0v) is 17.1. The Morgan fingerprint density at radius 3 is 2.48 bits per heavy atom. The van der Waals surface area contributed by atoms with E-state index in [4.69, 9.17) is 0 Å². The molecule has 1 aliphatic rings. The molecule has 2 heterocycles. The van der Waals surface area contributed by atoms with Gasteiger partial charge in [-0.1, -0.05) is 48.5 Å². The molecule has 1 amide bonds. The van der Waals surface area contributed by atoms with Crippen LogP contribution in [0.3, 0.4) is 0 Å². The first-order chi connectivity index (χ1) is 14.2. The lowest BCUT2D eigenvalue weighted by atomic mass is 10.2. The lowest BCUT2D eigenvalue weighted by molar-refractivity contribution is 0.0743. The van der Waals surface area contributed by atoms with Crippen molar-refractivity contribution in [3.05, 3.63) is 71.9 Å². The fraction of sp³-hybridized carbons (Fsp3) is 0.320. The van der Waals surface area contributed by atoms with Crippen LogP contribution in [0.15, 0.2) is 60.7 Å². The Bertz CT molecular complexity index is 1180. The Morgan fingerprint density at radius 2 is 1.76 bits per heavy atom. The number of aromatic nitrogens is 2. The van der Waals surface area contributed by atoms with Gasteiger partial charge in [0.1, 0.15) is 5.69 Å². The lowest BCUT2D eigenvalue weighted by Gasteiger charge is -2.21. The molecule has 2 aromatic carbocycles.